The SMILES string of the molecule is CN(C)C(=O)CNC(=O)C1CC(c2ccccc2)NN1. The lowest BCUT2D eigenvalue weighted by Gasteiger charge is -2.13. The van der Waals surface area contributed by atoms with Crippen LogP contribution in [0, 0.1) is 0 Å². The summed E-state index contributed by atoms with van der Waals surface area (Å²) in [5.74, 6) is -0.282. The Balaban J connectivity index is 1.83. The van der Waals surface area contributed by atoms with Gasteiger partial charge in [0.25, 0.3) is 0 Å². The Labute approximate surface area is 118 Å². The van der Waals surface area contributed by atoms with E-state index in [1.165, 1.54) is 4.90 Å². The molecule has 1 aromatic carbocycles. The highest BCUT2D eigenvalue weighted by molar-refractivity contribution is 5.87. The summed E-state index contributed by atoms with van der Waals surface area (Å²) in [5.41, 5.74) is 7.22. The van der Waals surface area contributed by atoms with E-state index in [2.05, 4.69) is 16.2 Å². The molecule has 1 fully saturated rings. The molecule has 0 radical (unpaired) electrons. The van der Waals surface area contributed by atoms with Gasteiger partial charge in [0.05, 0.1) is 6.54 Å². The monoisotopic (exact) mass is 276 g/mol. The van der Waals surface area contributed by atoms with Crippen molar-refractivity contribution in [2.45, 2.75) is 18.5 Å². The molecule has 20 heavy (non-hydrogen) atoms. The molecule has 1 saturated heterocycles. The largest absolute Gasteiger partial charge is 0.347 e. The number of rotatable bonds is 4. The van der Waals surface area contributed by atoms with E-state index in [4.69, 9.17) is 0 Å². The van der Waals surface area contributed by atoms with Gasteiger partial charge in [0.15, 0.2) is 0 Å². The highest BCUT2D eigenvalue weighted by atomic mass is 16.2. The fraction of sp³-hybridized carbons (Fsp3) is 0.429. The van der Waals surface area contributed by atoms with Gasteiger partial charge in [0, 0.05) is 20.1 Å². The third-order valence-corrected chi connectivity index (χ3v) is 3.33. The number of carbonyl (C=O) groups is 2. The molecule has 0 spiro atoms. The predicted octanol–water partition coefficient (Wildman–Crippen LogP) is -0.201. The summed E-state index contributed by atoms with van der Waals surface area (Å²) in [7, 11) is 3.32. The van der Waals surface area contributed by atoms with E-state index in [1.807, 2.05) is 30.3 Å². The van der Waals surface area contributed by atoms with Gasteiger partial charge in [-0.2, -0.15) is 0 Å². The lowest BCUT2D eigenvalue weighted by atomic mass is 10.0. The fourth-order valence-electron chi connectivity index (χ4n) is 2.08. The Bertz CT molecular complexity index is 475. The minimum Gasteiger partial charge on any atom is -0.347 e. The molecule has 1 aliphatic rings. The summed E-state index contributed by atoms with van der Waals surface area (Å²) >= 11 is 0. The van der Waals surface area contributed by atoms with E-state index in [-0.39, 0.29) is 30.4 Å². The van der Waals surface area contributed by atoms with E-state index in [0.717, 1.165) is 5.56 Å². The minimum atomic E-state index is -0.324. The number of hydrogen-bond donors (Lipinski definition) is 3. The summed E-state index contributed by atoms with van der Waals surface area (Å²) in [6.07, 6.45) is 0.659. The van der Waals surface area contributed by atoms with Crippen LogP contribution in [0.1, 0.15) is 18.0 Å². The zero-order valence-electron chi connectivity index (χ0n) is 11.7. The summed E-state index contributed by atoms with van der Waals surface area (Å²) in [5, 5.41) is 2.65. The maximum absolute atomic E-state index is 12.0. The Hall–Kier alpha value is -1.92. The van der Waals surface area contributed by atoms with Crippen LogP contribution in [-0.4, -0.2) is 43.4 Å². The Morgan fingerprint density at radius 2 is 1.95 bits per heavy atom. The number of nitrogens with zero attached hydrogens (tertiary/aromatic N) is 1. The van der Waals surface area contributed by atoms with Crippen LogP contribution in [0.4, 0.5) is 0 Å². The van der Waals surface area contributed by atoms with Gasteiger partial charge in [-0.1, -0.05) is 30.3 Å². The standard InChI is InChI=1S/C14H20N4O2/c1-18(2)13(19)9-15-14(20)12-8-11(16-17-12)10-6-4-3-5-7-10/h3-7,11-12,16-17H,8-9H2,1-2H3,(H,15,20). The quantitative estimate of drug-likeness (QED) is 0.712. The predicted molar refractivity (Wildman–Crippen MR) is 75.6 cm³/mol. The smallest absolute Gasteiger partial charge is 0.241 e. The number of hydrogen-bond acceptors (Lipinski definition) is 4. The van der Waals surface area contributed by atoms with Crippen LogP contribution >= 0.6 is 0 Å². The van der Waals surface area contributed by atoms with Gasteiger partial charge < -0.3 is 10.2 Å². The molecule has 6 heteroatoms. The zero-order valence-corrected chi connectivity index (χ0v) is 11.7. The molecule has 0 aromatic heterocycles. The number of hydrazine groups is 1. The number of amides is 2. The molecule has 0 bridgehead atoms. The molecule has 1 aromatic rings. The molecule has 108 valence electrons. The van der Waals surface area contributed by atoms with Crippen LogP contribution in [0.5, 0.6) is 0 Å². The normalized spacial score (nSPS) is 21.5. The van der Waals surface area contributed by atoms with Crippen LogP contribution < -0.4 is 16.2 Å². The second kappa shape index (κ2) is 6.49. The van der Waals surface area contributed by atoms with Crippen molar-refractivity contribution in [2.24, 2.45) is 0 Å². The molecule has 2 rings (SSSR count). The molecule has 0 aliphatic carbocycles. The average molecular weight is 276 g/mol. The van der Waals surface area contributed by atoms with Gasteiger partial charge in [-0.15, -0.1) is 0 Å². The Morgan fingerprint density at radius 3 is 2.60 bits per heavy atom. The van der Waals surface area contributed by atoms with Crippen molar-refractivity contribution < 1.29 is 9.59 Å². The fourth-order valence-corrected chi connectivity index (χ4v) is 2.08. The van der Waals surface area contributed by atoms with Gasteiger partial charge in [0.1, 0.15) is 6.04 Å². The molecule has 2 unspecified atom stereocenters. The van der Waals surface area contributed by atoms with Gasteiger partial charge >= 0.3 is 0 Å². The maximum atomic E-state index is 12.0. The number of carbonyl (C=O) groups excluding carboxylic acids is 2. The van der Waals surface area contributed by atoms with Crippen molar-refractivity contribution in [1.29, 1.82) is 0 Å². The van der Waals surface area contributed by atoms with E-state index >= 15 is 0 Å². The average Bonchev–Trinajstić information content (AvgIpc) is 2.95. The number of benzene rings is 1. The van der Waals surface area contributed by atoms with Gasteiger partial charge in [-0.3, -0.25) is 9.59 Å². The second-order valence-electron chi connectivity index (χ2n) is 5.05. The summed E-state index contributed by atoms with van der Waals surface area (Å²) in [6, 6.07) is 9.74. The minimum absolute atomic E-state index is 0.0278. The summed E-state index contributed by atoms with van der Waals surface area (Å²) < 4.78 is 0. The highest BCUT2D eigenvalue weighted by Gasteiger charge is 2.30. The van der Waals surface area contributed by atoms with Gasteiger partial charge in [-0.25, -0.2) is 10.9 Å². The van der Waals surface area contributed by atoms with Crippen LogP contribution in [-0.2, 0) is 9.59 Å². The second-order valence-corrected chi connectivity index (χ2v) is 5.05. The number of nitrogens with one attached hydrogen (secondary N) is 3. The molecule has 0 saturated carbocycles. The van der Waals surface area contributed by atoms with Gasteiger partial charge in [-0.05, 0) is 12.0 Å². The molecular weight excluding hydrogens is 256 g/mol. The van der Waals surface area contributed by atoms with Crippen LogP contribution in [0.15, 0.2) is 30.3 Å². The number of likely N-dealkylation sites (N-methyl/N-ethyl adjacent to an activating group) is 1. The summed E-state index contributed by atoms with van der Waals surface area (Å²) in [6.45, 7) is 0.0278. The first-order chi connectivity index (χ1) is 9.58. The van der Waals surface area contributed by atoms with Crippen molar-refractivity contribution in [2.75, 3.05) is 20.6 Å². The first kappa shape index (κ1) is 14.5. The van der Waals surface area contributed by atoms with Crippen molar-refractivity contribution in [3.8, 4) is 0 Å². The Morgan fingerprint density at radius 1 is 1.25 bits per heavy atom. The lowest BCUT2D eigenvalue weighted by molar-refractivity contribution is -0.131. The first-order valence-corrected chi connectivity index (χ1v) is 6.62. The molecule has 1 heterocycles. The Kier molecular flexibility index (Phi) is 4.70. The molecule has 1 aliphatic heterocycles. The van der Waals surface area contributed by atoms with Crippen LogP contribution in [0.2, 0.25) is 0 Å². The topological polar surface area (TPSA) is 73.5 Å². The van der Waals surface area contributed by atoms with Crippen LogP contribution in [0.25, 0.3) is 0 Å². The zero-order chi connectivity index (χ0) is 14.5. The summed E-state index contributed by atoms with van der Waals surface area (Å²) in [4.78, 5) is 24.8. The molecule has 2 amide bonds. The molecule has 3 N–H and O–H groups in total. The molecular formula is C14H20N4O2. The van der Waals surface area contributed by atoms with Crippen molar-refractivity contribution in [1.82, 2.24) is 21.1 Å². The maximum Gasteiger partial charge on any atom is 0.241 e. The van der Waals surface area contributed by atoms with Crippen molar-refractivity contribution in [3.05, 3.63) is 35.9 Å². The first-order valence-electron chi connectivity index (χ1n) is 6.62. The van der Waals surface area contributed by atoms with Crippen LogP contribution in [0.3, 0.4) is 0 Å². The molecule has 2 atom stereocenters. The van der Waals surface area contributed by atoms with Gasteiger partial charge in [0.2, 0.25) is 11.8 Å². The lowest BCUT2D eigenvalue weighted by Crippen LogP contribution is -2.46. The van der Waals surface area contributed by atoms with E-state index < -0.39 is 0 Å². The highest BCUT2D eigenvalue weighted by Crippen LogP contribution is 2.21. The van der Waals surface area contributed by atoms with E-state index in [0.29, 0.717) is 6.42 Å². The van der Waals surface area contributed by atoms with Crippen molar-refractivity contribution >= 4 is 11.8 Å². The third kappa shape index (κ3) is 3.55. The third-order valence-electron chi connectivity index (χ3n) is 3.33. The van der Waals surface area contributed by atoms with Crippen molar-refractivity contribution in [3.63, 3.8) is 0 Å². The van der Waals surface area contributed by atoms with E-state index in [1.54, 1.807) is 14.1 Å². The molecule has 6 nitrogen and oxygen atoms in total. The van der Waals surface area contributed by atoms with E-state index in [9.17, 15) is 9.59 Å².